The van der Waals surface area contributed by atoms with Gasteiger partial charge in [0.15, 0.2) is 0 Å². The van der Waals surface area contributed by atoms with E-state index in [4.69, 9.17) is 23.2 Å². The lowest BCUT2D eigenvalue weighted by Crippen LogP contribution is -2.35. The van der Waals surface area contributed by atoms with Gasteiger partial charge in [0.2, 0.25) is 0 Å². The summed E-state index contributed by atoms with van der Waals surface area (Å²) in [6, 6.07) is 11.9. The van der Waals surface area contributed by atoms with Crippen LogP contribution in [-0.4, -0.2) is 42.0 Å². The molecule has 5 nitrogen and oxygen atoms in total. The zero-order valence-electron chi connectivity index (χ0n) is 14.9. The van der Waals surface area contributed by atoms with E-state index in [-0.39, 0.29) is 29.4 Å². The highest BCUT2D eigenvalue weighted by Crippen LogP contribution is 2.38. The third-order valence-corrected chi connectivity index (χ3v) is 4.98. The number of aliphatic hydroxyl groups excluding tert-OH is 1. The molecule has 3 rings (SSSR count). The van der Waals surface area contributed by atoms with Gasteiger partial charge in [0.1, 0.15) is 5.70 Å². The second-order valence-corrected chi connectivity index (χ2v) is 7.07. The van der Waals surface area contributed by atoms with Crippen molar-refractivity contribution in [1.29, 1.82) is 0 Å². The minimum atomic E-state index is -0.460. The number of aryl methyl sites for hydroxylation is 1. The smallest absolute Gasteiger partial charge is 0.282 e. The molecule has 0 spiro atoms. The highest BCUT2D eigenvalue weighted by atomic mass is 35.5. The van der Waals surface area contributed by atoms with Gasteiger partial charge in [0.05, 0.1) is 22.9 Å². The summed E-state index contributed by atoms with van der Waals surface area (Å²) < 4.78 is 0. The molecular weight excluding hydrogens is 387 g/mol. The van der Waals surface area contributed by atoms with Gasteiger partial charge in [0.25, 0.3) is 11.8 Å². The number of rotatable bonds is 5. The van der Waals surface area contributed by atoms with Crippen LogP contribution in [0.1, 0.15) is 11.1 Å². The predicted molar refractivity (Wildman–Crippen MR) is 107 cm³/mol. The third kappa shape index (κ3) is 3.46. The van der Waals surface area contributed by atoms with E-state index in [2.05, 4.69) is 0 Å². The number of nitrogens with zero attached hydrogens (tertiary/aromatic N) is 2. The third-order valence-electron chi connectivity index (χ3n) is 4.43. The van der Waals surface area contributed by atoms with Gasteiger partial charge in [-0.1, -0.05) is 47.5 Å². The fourth-order valence-electron chi connectivity index (χ4n) is 3.10. The first-order valence-corrected chi connectivity index (χ1v) is 9.08. The number of carbonyl (C=O) groups is 2. The fraction of sp³-hybridized carbons (Fsp3) is 0.200. The molecule has 0 aliphatic carbocycles. The molecule has 0 saturated heterocycles. The Labute approximate surface area is 167 Å². The Morgan fingerprint density at radius 2 is 1.78 bits per heavy atom. The van der Waals surface area contributed by atoms with Crippen LogP contribution in [0.25, 0.3) is 5.57 Å². The maximum Gasteiger partial charge on any atom is 0.282 e. The van der Waals surface area contributed by atoms with Gasteiger partial charge in [-0.3, -0.25) is 9.59 Å². The van der Waals surface area contributed by atoms with Gasteiger partial charge in [-0.05, 0) is 30.7 Å². The van der Waals surface area contributed by atoms with E-state index in [9.17, 15) is 14.7 Å². The summed E-state index contributed by atoms with van der Waals surface area (Å²) in [6.45, 7) is 1.87. The Balaban J connectivity index is 2.20. The van der Waals surface area contributed by atoms with E-state index in [0.717, 1.165) is 10.5 Å². The summed E-state index contributed by atoms with van der Waals surface area (Å²) in [7, 11) is 1.65. The molecule has 0 atom stereocenters. The predicted octanol–water partition coefficient (Wildman–Crippen LogP) is 3.51. The number of aliphatic hydroxyl groups is 1. The average Bonchev–Trinajstić information content (AvgIpc) is 2.86. The van der Waals surface area contributed by atoms with Crippen molar-refractivity contribution in [2.75, 3.05) is 25.1 Å². The number of carbonyl (C=O) groups excluding carboxylic acids is 2. The van der Waals surface area contributed by atoms with Gasteiger partial charge in [-0.15, -0.1) is 0 Å². The number of anilines is 1. The van der Waals surface area contributed by atoms with Crippen LogP contribution < -0.4 is 4.90 Å². The van der Waals surface area contributed by atoms with Gasteiger partial charge in [-0.25, -0.2) is 4.90 Å². The zero-order chi connectivity index (χ0) is 19.7. The van der Waals surface area contributed by atoms with Gasteiger partial charge >= 0.3 is 0 Å². The Morgan fingerprint density at radius 3 is 2.41 bits per heavy atom. The van der Waals surface area contributed by atoms with Crippen LogP contribution in [0.3, 0.4) is 0 Å². The molecule has 2 aromatic rings. The van der Waals surface area contributed by atoms with Crippen molar-refractivity contribution in [3.8, 4) is 0 Å². The first kappa shape index (κ1) is 19.4. The van der Waals surface area contributed by atoms with Crippen LogP contribution in [-0.2, 0) is 9.59 Å². The highest BCUT2D eigenvalue weighted by molar-refractivity contribution is 6.47. The lowest BCUT2D eigenvalue weighted by atomic mass is 10.0. The van der Waals surface area contributed by atoms with Gasteiger partial charge in [-0.2, -0.15) is 0 Å². The first-order chi connectivity index (χ1) is 12.9. The quantitative estimate of drug-likeness (QED) is 0.774. The number of hydrogen-bond acceptors (Lipinski definition) is 4. The molecule has 2 amide bonds. The van der Waals surface area contributed by atoms with Crippen LogP contribution in [0.4, 0.5) is 5.69 Å². The first-order valence-electron chi connectivity index (χ1n) is 8.33. The molecule has 0 unspecified atom stereocenters. The maximum atomic E-state index is 13.3. The lowest BCUT2D eigenvalue weighted by Gasteiger charge is -2.21. The molecule has 0 fully saturated rings. The van der Waals surface area contributed by atoms with Gasteiger partial charge < -0.3 is 10.0 Å². The van der Waals surface area contributed by atoms with Crippen molar-refractivity contribution >= 4 is 46.3 Å². The lowest BCUT2D eigenvalue weighted by molar-refractivity contribution is -0.120. The topological polar surface area (TPSA) is 60.9 Å². The fourth-order valence-corrected chi connectivity index (χ4v) is 3.61. The summed E-state index contributed by atoms with van der Waals surface area (Å²) >= 11 is 12.3. The average molecular weight is 405 g/mol. The second kappa shape index (κ2) is 7.72. The SMILES string of the molecule is Cc1ccccc1N1C(=O)C(c2ccc(Cl)cc2Cl)=C(N(C)CCO)C1=O. The molecule has 140 valence electrons. The Kier molecular flexibility index (Phi) is 5.56. The molecule has 1 N–H and O–H groups in total. The van der Waals surface area contributed by atoms with Crippen molar-refractivity contribution in [2.24, 2.45) is 0 Å². The maximum absolute atomic E-state index is 13.3. The van der Waals surface area contributed by atoms with Crippen molar-refractivity contribution in [3.05, 3.63) is 69.3 Å². The van der Waals surface area contributed by atoms with Crippen molar-refractivity contribution in [3.63, 3.8) is 0 Å². The minimum Gasteiger partial charge on any atom is -0.395 e. The summed E-state index contributed by atoms with van der Waals surface area (Å²) in [5, 5.41) is 10.0. The van der Waals surface area contributed by atoms with E-state index in [1.807, 2.05) is 19.1 Å². The normalized spacial score (nSPS) is 14.3. The largest absolute Gasteiger partial charge is 0.395 e. The van der Waals surface area contributed by atoms with Crippen LogP contribution in [0.15, 0.2) is 48.2 Å². The van der Waals surface area contributed by atoms with Gasteiger partial charge in [0, 0.05) is 24.2 Å². The summed E-state index contributed by atoms with van der Waals surface area (Å²) in [6.07, 6.45) is 0. The number of para-hydroxylation sites is 1. The second-order valence-electron chi connectivity index (χ2n) is 6.23. The van der Waals surface area contributed by atoms with E-state index < -0.39 is 11.8 Å². The standard InChI is InChI=1S/C20H18Cl2N2O3/c1-12-5-3-4-6-16(12)24-19(26)17(14-8-7-13(21)11-15(14)22)18(20(24)27)23(2)9-10-25/h3-8,11,25H,9-10H2,1-2H3. The number of halogens is 2. The van der Waals surface area contributed by atoms with E-state index in [1.54, 1.807) is 36.2 Å². The Hall–Kier alpha value is -2.34. The molecule has 1 aliphatic heterocycles. The van der Waals surface area contributed by atoms with E-state index in [1.165, 1.54) is 6.07 Å². The zero-order valence-corrected chi connectivity index (χ0v) is 16.4. The number of hydrogen-bond donors (Lipinski definition) is 1. The molecule has 0 aromatic heterocycles. The van der Waals surface area contributed by atoms with Crippen LogP contribution >= 0.6 is 23.2 Å². The monoisotopic (exact) mass is 404 g/mol. The van der Waals surface area contributed by atoms with E-state index >= 15 is 0 Å². The van der Waals surface area contributed by atoms with Crippen LogP contribution in [0.2, 0.25) is 10.0 Å². The molecule has 1 aliphatic rings. The summed E-state index contributed by atoms with van der Waals surface area (Å²) in [5.41, 5.74) is 2.13. The van der Waals surface area contributed by atoms with Crippen molar-refractivity contribution in [1.82, 2.24) is 4.90 Å². The molecule has 0 radical (unpaired) electrons. The van der Waals surface area contributed by atoms with E-state index in [0.29, 0.717) is 16.3 Å². The number of likely N-dealkylation sites (N-methyl/N-ethyl adjacent to an activating group) is 1. The Bertz CT molecular complexity index is 956. The molecule has 7 heteroatoms. The van der Waals surface area contributed by atoms with Crippen LogP contribution in [0.5, 0.6) is 0 Å². The molecule has 1 heterocycles. The highest BCUT2D eigenvalue weighted by Gasteiger charge is 2.42. The Morgan fingerprint density at radius 1 is 1.07 bits per heavy atom. The van der Waals surface area contributed by atoms with Crippen LogP contribution in [0, 0.1) is 6.92 Å². The van der Waals surface area contributed by atoms with Crippen molar-refractivity contribution < 1.29 is 14.7 Å². The number of amides is 2. The molecular formula is C20H18Cl2N2O3. The minimum absolute atomic E-state index is 0.159. The summed E-state index contributed by atoms with van der Waals surface area (Å²) in [4.78, 5) is 29.2. The number of imide groups is 1. The van der Waals surface area contributed by atoms with Crippen molar-refractivity contribution in [2.45, 2.75) is 6.92 Å². The molecule has 27 heavy (non-hydrogen) atoms. The number of benzene rings is 2. The molecule has 2 aromatic carbocycles. The molecule has 0 saturated carbocycles. The summed E-state index contributed by atoms with van der Waals surface area (Å²) in [5.74, 6) is -0.912. The molecule has 0 bridgehead atoms.